The number of anilines is 2. The van der Waals surface area contributed by atoms with Crippen LogP contribution in [0, 0.1) is 0 Å². The Morgan fingerprint density at radius 3 is 1.26 bits per heavy atom. The van der Waals surface area contributed by atoms with Crippen LogP contribution < -0.4 is 19.3 Å². The molecule has 0 saturated carbocycles. The zero-order chi connectivity index (χ0) is 26.7. The third kappa shape index (κ3) is 6.80. The Kier molecular flexibility index (Phi) is 9.91. The van der Waals surface area contributed by atoms with Crippen molar-refractivity contribution in [1.82, 2.24) is 0 Å². The molecule has 38 heavy (non-hydrogen) atoms. The van der Waals surface area contributed by atoms with Crippen LogP contribution in [-0.4, -0.2) is 26.2 Å². The van der Waals surface area contributed by atoms with Gasteiger partial charge in [-0.25, -0.2) is 0 Å². The lowest BCUT2D eigenvalue weighted by Crippen LogP contribution is -2.25. The van der Waals surface area contributed by atoms with E-state index in [1.165, 1.54) is 0 Å². The van der Waals surface area contributed by atoms with Crippen LogP contribution >= 0.6 is 0 Å². The summed E-state index contributed by atoms with van der Waals surface area (Å²) in [7, 11) is 0. The highest BCUT2D eigenvalue weighted by Crippen LogP contribution is 2.36. The van der Waals surface area contributed by atoms with Gasteiger partial charge in [-0.2, -0.15) is 0 Å². The zero-order valence-corrected chi connectivity index (χ0v) is 23.5. The molecule has 0 radical (unpaired) electrons. The van der Waals surface area contributed by atoms with Crippen molar-refractivity contribution in [3.63, 3.8) is 0 Å². The molecular formula is C34H42N2O2. The van der Waals surface area contributed by atoms with Gasteiger partial charge >= 0.3 is 0 Å². The Bertz CT molecular complexity index is 1190. The van der Waals surface area contributed by atoms with Gasteiger partial charge in [0.2, 0.25) is 0 Å². The number of fused-ring (bicyclic) bond motifs is 1. The van der Waals surface area contributed by atoms with Crippen LogP contribution in [0.5, 0.6) is 23.0 Å². The lowest BCUT2D eigenvalue weighted by Gasteiger charge is -2.26. The first-order valence-corrected chi connectivity index (χ1v) is 14.2. The molecule has 200 valence electrons. The summed E-state index contributed by atoms with van der Waals surface area (Å²) in [4.78, 5) is 4.83. The van der Waals surface area contributed by atoms with Crippen LogP contribution in [0.4, 0.5) is 11.4 Å². The normalized spacial score (nSPS) is 10.9. The van der Waals surface area contributed by atoms with Crippen molar-refractivity contribution < 1.29 is 9.47 Å². The third-order valence-electron chi connectivity index (χ3n) is 6.62. The van der Waals surface area contributed by atoms with E-state index < -0.39 is 0 Å². The molecule has 0 aliphatic carbocycles. The molecule has 0 amide bonds. The van der Waals surface area contributed by atoms with Crippen molar-refractivity contribution in [2.24, 2.45) is 0 Å². The van der Waals surface area contributed by atoms with Crippen molar-refractivity contribution in [3.05, 3.63) is 84.9 Å². The second kappa shape index (κ2) is 13.8. The summed E-state index contributed by atoms with van der Waals surface area (Å²) in [6.45, 7) is 12.9. The van der Waals surface area contributed by atoms with Gasteiger partial charge in [0.05, 0.1) is 11.4 Å². The molecule has 4 aromatic carbocycles. The molecule has 4 nitrogen and oxygen atoms in total. The summed E-state index contributed by atoms with van der Waals surface area (Å²) in [5.74, 6) is 3.43. The second-order valence-corrected chi connectivity index (χ2v) is 9.78. The van der Waals surface area contributed by atoms with E-state index in [9.17, 15) is 0 Å². The average Bonchev–Trinajstić information content (AvgIpc) is 2.93. The van der Waals surface area contributed by atoms with Crippen molar-refractivity contribution in [2.75, 3.05) is 36.0 Å². The molecule has 0 fully saturated rings. The highest BCUT2D eigenvalue weighted by atomic mass is 16.5. The molecular weight excluding hydrogens is 468 g/mol. The van der Waals surface area contributed by atoms with Gasteiger partial charge in [0.1, 0.15) is 11.5 Å². The first-order chi connectivity index (χ1) is 18.7. The van der Waals surface area contributed by atoms with Crippen molar-refractivity contribution in [1.29, 1.82) is 0 Å². The molecule has 0 N–H and O–H groups in total. The number of para-hydroxylation sites is 4. The predicted molar refractivity (Wildman–Crippen MR) is 163 cm³/mol. The molecule has 0 unspecified atom stereocenters. The van der Waals surface area contributed by atoms with Crippen molar-refractivity contribution in [2.45, 2.75) is 53.4 Å². The maximum atomic E-state index is 6.46. The summed E-state index contributed by atoms with van der Waals surface area (Å²) < 4.78 is 12.9. The van der Waals surface area contributed by atoms with Gasteiger partial charge in [0.15, 0.2) is 11.5 Å². The van der Waals surface area contributed by atoms with E-state index in [0.29, 0.717) is 0 Å². The van der Waals surface area contributed by atoms with Gasteiger partial charge in [-0.1, -0.05) is 64.1 Å². The highest BCUT2D eigenvalue weighted by Gasteiger charge is 2.14. The molecule has 0 atom stereocenters. The van der Waals surface area contributed by atoms with Crippen LogP contribution in [0.2, 0.25) is 0 Å². The molecule has 0 saturated heterocycles. The largest absolute Gasteiger partial charge is 0.455 e. The standard InChI is InChI=1S/C34H42N2O2/c1-5-21-35(22-6-2)31-13-9-11-15-33(31)37-29-19-17-27-18-20-30(26-28(27)25-29)38-34-16-12-10-14-32(34)36(23-7-3)24-8-4/h9-20,25-26H,5-8,21-24H2,1-4H3. The van der Waals surface area contributed by atoms with Crippen molar-refractivity contribution in [3.8, 4) is 23.0 Å². The van der Waals surface area contributed by atoms with E-state index in [1.54, 1.807) is 0 Å². The van der Waals surface area contributed by atoms with Gasteiger partial charge < -0.3 is 19.3 Å². The monoisotopic (exact) mass is 510 g/mol. The van der Waals surface area contributed by atoms with E-state index in [1.807, 2.05) is 24.3 Å². The topological polar surface area (TPSA) is 24.9 Å². The molecule has 0 heterocycles. The van der Waals surface area contributed by atoms with Crippen molar-refractivity contribution >= 4 is 22.1 Å². The van der Waals surface area contributed by atoms with E-state index >= 15 is 0 Å². The van der Waals surface area contributed by atoms with Gasteiger partial charge in [-0.15, -0.1) is 0 Å². The Morgan fingerprint density at radius 1 is 0.474 bits per heavy atom. The number of nitrogens with zero attached hydrogens (tertiary/aromatic N) is 2. The maximum absolute atomic E-state index is 6.46. The van der Waals surface area contributed by atoms with E-state index in [2.05, 4.69) is 98.2 Å². The predicted octanol–water partition coefficient (Wildman–Crippen LogP) is 9.68. The molecule has 4 rings (SSSR count). The fraction of sp³-hybridized carbons (Fsp3) is 0.353. The minimum Gasteiger partial charge on any atom is -0.455 e. The highest BCUT2D eigenvalue weighted by molar-refractivity contribution is 5.85. The summed E-state index contributed by atoms with van der Waals surface area (Å²) in [6, 6.07) is 29.2. The molecule has 0 aliphatic rings. The number of rotatable bonds is 14. The number of hydrogen-bond donors (Lipinski definition) is 0. The fourth-order valence-electron chi connectivity index (χ4n) is 4.98. The van der Waals surface area contributed by atoms with Gasteiger partial charge in [0.25, 0.3) is 0 Å². The number of benzene rings is 4. The molecule has 0 aliphatic heterocycles. The molecule has 0 bridgehead atoms. The average molecular weight is 511 g/mol. The minimum absolute atomic E-state index is 0.826. The van der Waals surface area contributed by atoms with Crippen LogP contribution in [0.25, 0.3) is 10.8 Å². The Balaban J connectivity index is 1.60. The smallest absolute Gasteiger partial charge is 0.150 e. The van der Waals surface area contributed by atoms with E-state index in [4.69, 9.17) is 9.47 Å². The number of ether oxygens (including phenoxy) is 2. The van der Waals surface area contributed by atoms with Gasteiger partial charge in [0, 0.05) is 26.2 Å². The van der Waals surface area contributed by atoms with Crippen LogP contribution in [0.1, 0.15) is 53.4 Å². The first-order valence-electron chi connectivity index (χ1n) is 14.2. The summed E-state index contributed by atoms with van der Waals surface area (Å²) in [5, 5.41) is 2.25. The van der Waals surface area contributed by atoms with Gasteiger partial charge in [-0.3, -0.25) is 0 Å². The lowest BCUT2D eigenvalue weighted by molar-refractivity contribution is 0.480. The van der Waals surface area contributed by atoms with E-state index in [-0.39, 0.29) is 0 Å². The minimum atomic E-state index is 0.826. The summed E-state index contributed by atoms with van der Waals surface area (Å²) in [5.41, 5.74) is 2.29. The Morgan fingerprint density at radius 2 is 0.868 bits per heavy atom. The number of hydrogen-bond acceptors (Lipinski definition) is 4. The molecule has 0 aromatic heterocycles. The molecule has 0 spiro atoms. The van der Waals surface area contributed by atoms with Crippen LogP contribution in [0.3, 0.4) is 0 Å². The third-order valence-corrected chi connectivity index (χ3v) is 6.62. The quantitative estimate of drug-likeness (QED) is 0.169. The summed E-state index contributed by atoms with van der Waals surface area (Å²) >= 11 is 0. The zero-order valence-electron chi connectivity index (χ0n) is 23.5. The molecule has 4 aromatic rings. The van der Waals surface area contributed by atoms with E-state index in [0.717, 1.165) is 97.0 Å². The fourth-order valence-corrected chi connectivity index (χ4v) is 4.98. The SMILES string of the molecule is CCCN(CCC)c1ccccc1Oc1ccc2ccc(Oc3ccccc3N(CCC)CCC)cc2c1. The summed E-state index contributed by atoms with van der Waals surface area (Å²) in [6.07, 6.45) is 4.41. The van der Waals surface area contributed by atoms with Crippen LogP contribution in [0.15, 0.2) is 84.9 Å². The second-order valence-electron chi connectivity index (χ2n) is 9.78. The van der Waals surface area contributed by atoms with Crippen LogP contribution in [-0.2, 0) is 0 Å². The maximum Gasteiger partial charge on any atom is 0.150 e. The van der Waals surface area contributed by atoms with Gasteiger partial charge in [-0.05, 0) is 85.0 Å². The Labute approximate surface area is 228 Å². The lowest BCUT2D eigenvalue weighted by atomic mass is 10.1. The first kappa shape index (κ1) is 27.4. The Hall–Kier alpha value is -3.66. The molecule has 4 heteroatoms.